The molecule has 1 aromatic heterocycles. The zero-order valence-corrected chi connectivity index (χ0v) is 15.4. The molecular weight excluding hydrogens is 357 g/mol. The van der Waals surface area contributed by atoms with Crippen molar-refractivity contribution in [2.45, 2.75) is 20.0 Å². The van der Waals surface area contributed by atoms with Gasteiger partial charge in [0.1, 0.15) is 11.5 Å². The summed E-state index contributed by atoms with van der Waals surface area (Å²) in [6, 6.07) is 16.7. The number of halogens is 1. The first kappa shape index (κ1) is 19.2. The molecule has 0 spiro atoms. The minimum atomic E-state index is -0.353. The maximum Gasteiger partial charge on any atom is 0.270 e. The van der Waals surface area contributed by atoms with Crippen LogP contribution in [0.2, 0.25) is 0 Å². The fraction of sp³-hybridized carbons (Fsp3) is 0.136. The van der Waals surface area contributed by atoms with Crippen molar-refractivity contribution in [3.63, 3.8) is 0 Å². The second kappa shape index (κ2) is 8.90. The van der Waals surface area contributed by atoms with E-state index in [0.29, 0.717) is 12.1 Å². The summed E-state index contributed by atoms with van der Waals surface area (Å²) in [5.74, 6) is -1.02. The number of benzene rings is 2. The highest BCUT2D eigenvalue weighted by atomic mass is 19.1. The predicted octanol–water partition coefficient (Wildman–Crippen LogP) is 3.39. The summed E-state index contributed by atoms with van der Waals surface area (Å²) in [5, 5.41) is 5.54. The molecule has 0 bridgehead atoms. The van der Waals surface area contributed by atoms with Crippen molar-refractivity contribution in [2.24, 2.45) is 0 Å². The number of aromatic nitrogens is 1. The third kappa shape index (κ3) is 5.23. The number of amides is 2. The summed E-state index contributed by atoms with van der Waals surface area (Å²) in [5.41, 5.74) is 3.40. The highest BCUT2D eigenvalue weighted by Crippen LogP contribution is 2.06. The number of pyridine rings is 1. The van der Waals surface area contributed by atoms with Crippen LogP contribution in [0.25, 0.3) is 0 Å². The fourth-order valence-electron chi connectivity index (χ4n) is 2.56. The maximum atomic E-state index is 12.9. The molecule has 0 aliphatic heterocycles. The Kier molecular flexibility index (Phi) is 6.11. The molecule has 2 N–H and O–H groups in total. The van der Waals surface area contributed by atoms with Crippen LogP contribution in [0.3, 0.4) is 0 Å². The topological polar surface area (TPSA) is 71.1 Å². The van der Waals surface area contributed by atoms with Crippen LogP contribution in [0.5, 0.6) is 0 Å². The first-order chi connectivity index (χ1) is 13.5. The summed E-state index contributed by atoms with van der Waals surface area (Å²) >= 11 is 0. The molecule has 0 saturated carbocycles. The van der Waals surface area contributed by atoms with Crippen LogP contribution in [0.4, 0.5) is 4.39 Å². The van der Waals surface area contributed by atoms with Crippen LogP contribution in [-0.2, 0) is 13.1 Å². The number of carbonyl (C=O) groups is 2. The van der Waals surface area contributed by atoms with E-state index in [-0.39, 0.29) is 29.9 Å². The van der Waals surface area contributed by atoms with Gasteiger partial charge in [-0.15, -0.1) is 0 Å². The van der Waals surface area contributed by atoms with Crippen LogP contribution in [-0.4, -0.2) is 16.8 Å². The monoisotopic (exact) mass is 377 g/mol. The molecule has 2 amide bonds. The minimum absolute atomic E-state index is 0.168. The Bertz CT molecular complexity index is 893. The third-order valence-corrected chi connectivity index (χ3v) is 4.19. The maximum absolute atomic E-state index is 12.9. The van der Waals surface area contributed by atoms with Crippen LogP contribution >= 0.6 is 0 Å². The van der Waals surface area contributed by atoms with Gasteiger partial charge in [0, 0.05) is 24.8 Å². The van der Waals surface area contributed by atoms with Crippen LogP contribution in [0.15, 0.2) is 66.9 Å². The second-order valence-electron chi connectivity index (χ2n) is 6.41. The molecular formula is C22H20FN3O2. The number of hydrogen-bond acceptors (Lipinski definition) is 3. The van der Waals surface area contributed by atoms with Gasteiger partial charge in [-0.05, 0) is 42.3 Å². The predicted molar refractivity (Wildman–Crippen MR) is 104 cm³/mol. The summed E-state index contributed by atoms with van der Waals surface area (Å²) in [7, 11) is 0. The van der Waals surface area contributed by atoms with Gasteiger partial charge in [0.25, 0.3) is 11.8 Å². The van der Waals surface area contributed by atoms with E-state index in [0.717, 1.165) is 16.7 Å². The van der Waals surface area contributed by atoms with E-state index >= 15 is 0 Å². The highest BCUT2D eigenvalue weighted by Gasteiger charge is 2.12. The molecule has 0 atom stereocenters. The number of rotatable bonds is 6. The Morgan fingerprint density at radius 2 is 1.43 bits per heavy atom. The highest BCUT2D eigenvalue weighted by molar-refractivity contribution is 5.98. The van der Waals surface area contributed by atoms with E-state index in [4.69, 9.17) is 0 Å². The van der Waals surface area contributed by atoms with Crippen LogP contribution in [0.1, 0.15) is 37.5 Å². The minimum Gasteiger partial charge on any atom is -0.348 e. The smallest absolute Gasteiger partial charge is 0.270 e. The average molecular weight is 377 g/mol. The molecule has 6 heteroatoms. The molecule has 0 aliphatic rings. The first-order valence-electron chi connectivity index (χ1n) is 8.84. The van der Waals surface area contributed by atoms with Crippen molar-refractivity contribution in [3.05, 3.63) is 101 Å². The van der Waals surface area contributed by atoms with Gasteiger partial charge in [0.2, 0.25) is 0 Å². The third-order valence-electron chi connectivity index (χ3n) is 4.19. The summed E-state index contributed by atoms with van der Waals surface area (Å²) in [6.45, 7) is 2.64. The second-order valence-corrected chi connectivity index (χ2v) is 6.41. The Labute approximate surface area is 162 Å². The van der Waals surface area contributed by atoms with Gasteiger partial charge < -0.3 is 10.6 Å². The number of aryl methyl sites for hydroxylation is 1. The van der Waals surface area contributed by atoms with Crippen molar-refractivity contribution in [1.82, 2.24) is 15.6 Å². The van der Waals surface area contributed by atoms with Crippen molar-refractivity contribution < 1.29 is 14.0 Å². The molecule has 3 rings (SSSR count). The van der Waals surface area contributed by atoms with Crippen molar-refractivity contribution in [2.75, 3.05) is 0 Å². The van der Waals surface area contributed by atoms with Gasteiger partial charge >= 0.3 is 0 Å². The molecule has 0 aliphatic carbocycles. The Hall–Kier alpha value is -3.54. The zero-order valence-electron chi connectivity index (χ0n) is 15.4. The largest absolute Gasteiger partial charge is 0.348 e. The van der Waals surface area contributed by atoms with Gasteiger partial charge in [-0.3, -0.25) is 14.6 Å². The molecule has 3 aromatic rings. The van der Waals surface area contributed by atoms with E-state index in [1.165, 1.54) is 30.5 Å². The van der Waals surface area contributed by atoms with Crippen molar-refractivity contribution in [1.29, 1.82) is 0 Å². The lowest BCUT2D eigenvalue weighted by Crippen LogP contribution is -2.26. The summed E-state index contributed by atoms with van der Waals surface area (Å²) in [6.07, 6.45) is 1.42. The lowest BCUT2D eigenvalue weighted by atomic mass is 10.1. The molecule has 0 saturated heterocycles. The molecule has 0 fully saturated rings. The van der Waals surface area contributed by atoms with E-state index in [2.05, 4.69) is 15.6 Å². The van der Waals surface area contributed by atoms with E-state index < -0.39 is 0 Å². The Balaban J connectivity index is 1.58. The summed E-state index contributed by atoms with van der Waals surface area (Å²) < 4.78 is 12.9. The molecule has 0 radical (unpaired) electrons. The van der Waals surface area contributed by atoms with E-state index in [9.17, 15) is 14.0 Å². The van der Waals surface area contributed by atoms with E-state index in [1.54, 1.807) is 12.1 Å². The van der Waals surface area contributed by atoms with Gasteiger partial charge in [-0.2, -0.15) is 0 Å². The van der Waals surface area contributed by atoms with Crippen LogP contribution in [0, 0.1) is 12.7 Å². The first-order valence-corrected chi connectivity index (χ1v) is 8.84. The average Bonchev–Trinajstić information content (AvgIpc) is 2.72. The number of hydrogen-bond donors (Lipinski definition) is 2. The lowest BCUT2D eigenvalue weighted by molar-refractivity contribution is 0.0946. The molecule has 5 nitrogen and oxygen atoms in total. The SMILES string of the molecule is Cc1ccc(CNC(=O)c2cc(C(=O)NCc3ccc(F)cc3)ccn2)cc1. The lowest BCUT2D eigenvalue weighted by Gasteiger charge is -2.08. The quantitative estimate of drug-likeness (QED) is 0.692. The molecule has 2 aromatic carbocycles. The Morgan fingerprint density at radius 3 is 2.07 bits per heavy atom. The van der Waals surface area contributed by atoms with Crippen molar-refractivity contribution >= 4 is 11.8 Å². The molecule has 142 valence electrons. The van der Waals surface area contributed by atoms with Crippen molar-refractivity contribution in [3.8, 4) is 0 Å². The Morgan fingerprint density at radius 1 is 0.857 bits per heavy atom. The van der Waals surface area contributed by atoms with E-state index in [1.807, 2.05) is 31.2 Å². The normalized spacial score (nSPS) is 10.4. The van der Waals surface area contributed by atoms with Crippen LogP contribution < -0.4 is 10.6 Å². The number of nitrogens with one attached hydrogen (secondary N) is 2. The zero-order chi connectivity index (χ0) is 19.9. The van der Waals surface area contributed by atoms with Gasteiger partial charge in [-0.25, -0.2) is 4.39 Å². The molecule has 1 heterocycles. The molecule has 0 unspecified atom stereocenters. The summed E-state index contributed by atoms with van der Waals surface area (Å²) in [4.78, 5) is 28.7. The van der Waals surface area contributed by atoms with Gasteiger partial charge in [-0.1, -0.05) is 42.0 Å². The number of nitrogens with zero attached hydrogens (tertiary/aromatic N) is 1. The van der Waals surface area contributed by atoms with Gasteiger partial charge in [0.15, 0.2) is 0 Å². The number of carbonyl (C=O) groups excluding carboxylic acids is 2. The standard InChI is InChI=1S/C22H20FN3O2/c1-15-2-4-16(5-3-15)14-26-22(28)20-12-18(10-11-24-20)21(27)25-13-17-6-8-19(23)9-7-17/h2-12H,13-14H2,1H3,(H,25,27)(H,26,28). The fourth-order valence-corrected chi connectivity index (χ4v) is 2.56. The molecule has 28 heavy (non-hydrogen) atoms. The van der Waals surface area contributed by atoms with Gasteiger partial charge in [0.05, 0.1) is 0 Å².